The first-order valence-electron chi connectivity index (χ1n) is 8.34. The Bertz CT molecular complexity index is 639. The Morgan fingerprint density at radius 3 is 2.54 bits per heavy atom. The maximum Gasteiger partial charge on any atom is 0.230 e. The fourth-order valence-electron chi connectivity index (χ4n) is 2.49. The highest BCUT2D eigenvalue weighted by Crippen LogP contribution is 2.22. The highest BCUT2D eigenvalue weighted by atomic mass is 32.2. The van der Waals surface area contributed by atoms with Crippen LogP contribution in [0, 0.1) is 5.92 Å². The number of hydrogen-bond donors (Lipinski definition) is 1. The summed E-state index contributed by atoms with van der Waals surface area (Å²) in [6.07, 6.45) is 2.62. The summed E-state index contributed by atoms with van der Waals surface area (Å²) in [5, 5.41) is 12.0. The minimum Gasteiger partial charge on any atom is -0.349 e. The molecule has 24 heavy (non-hydrogen) atoms. The predicted octanol–water partition coefficient (Wildman–Crippen LogP) is 3.85. The van der Waals surface area contributed by atoms with Crippen molar-refractivity contribution in [2.24, 2.45) is 5.92 Å². The van der Waals surface area contributed by atoms with Gasteiger partial charge in [-0.2, -0.15) is 0 Å². The van der Waals surface area contributed by atoms with Gasteiger partial charge in [0, 0.05) is 6.04 Å². The topological polar surface area (TPSA) is 59.8 Å². The van der Waals surface area contributed by atoms with Gasteiger partial charge in [-0.15, -0.1) is 10.2 Å². The van der Waals surface area contributed by atoms with Gasteiger partial charge in [0.2, 0.25) is 5.91 Å². The zero-order valence-corrected chi connectivity index (χ0v) is 15.6. The number of nitrogens with one attached hydrogen (secondary N) is 1. The Labute approximate surface area is 148 Å². The highest BCUT2D eigenvalue weighted by Gasteiger charge is 2.17. The van der Waals surface area contributed by atoms with Gasteiger partial charge in [0.1, 0.15) is 6.33 Å². The van der Waals surface area contributed by atoms with E-state index in [9.17, 15) is 4.79 Å². The molecule has 0 saturated carbocycles. The Kier molecular flexibility index (Phi) is 6.85. The quantitative estimate of drug-likeness (QED) is 0.738. The molecule has 2 rings (SSSR count). The molecule has 5 nitrogen and oxygen atoms in total. The van der Waals surface area contributed by atoms with E-state index in [2.05, 4.69) is 55.3 Å². The number of hydrogen-bond acceptors (Lipinski definition) is 4. The number of aromatic nitrogens is 3. The van der Waals surface area contributed by atoms with Gasteiger partial charge in [0.25, 0.3) is 0 Å². The molecule has 0 aliphatic heterocycles. The lowest BCUT2D eigenvalue weighted by molar-refractivity contribution is -0.119. The van der Waals surface area contributed by atoms with E-state index < -0.39 is 0 Å². The van der Waals surface area contributed by atoms with Crippen molar-refractivity contribution in [3.63, 3.8) is 0 Å². The van der Waals surface area contributed by atoms with Crippen molar-refractivity contribution in [3.8, 4) is 0 Å². The fourth-order valence-corrected chi connectivity index (χ4v) is 3.35. The number of rotatable bonds is 8. The summed E-state index contributed by atoms with van der Waals surface area (Å²) in [5.41, 5.74) is 1.15. The standard InChI is InChI=1S/C18H26N4OS/c1-13(2)10-16(15-8-6-5-7-9-15)20-17(23)11-24-18-21-19-12-22(18)14(3)4/h5-9,12-14,16H,10-11H2,1-4H3,(H,20,23)/t16-/m0/s1. The van der Waals surface area contributed by atoms with E-state index in [0.29, 0.717) is 11.7 Å². The van der Waals surface area contributed by atoms with Crippen LogP contribution in [0.15, 0.2) is 41.8 Å². The summed E-state index contributed by atoms with van der Waals surface area (Å²) in [4.78, 5) is 12.4. The molecular weight excluding hydrogens is 320 g/mol. The second-order valence-electron chi connectivity index (χ2n) is 6.56. The first-order valence-corrected chi connectivity index (χ1v) is 9.32. The molecule has 1 heterocycles. The van der Waals surface area contributed by atoms with Crippen LogP contribution in [0.4, 0.5) is 0 Å². The van der Waals surface area contributed by atoms with Crippen LogP contribution in [-0.4, -0.2) is 26.4 Å². The Balaban J connectivity index is 1.96. The molecule has 1 atom stereocenters. The molecular formula is C18H26N4OS. The minimum atomic E-state index is 0.0211. The monoisotopic (exact) mass is 346 g/mol. The van der Waals surface area contributed by atoms with E-state index in [1.165, 1.54) is 11.8 Å². The van der Waals surface area contributed by atoms with Crippen molar-refractivity contribution < 1.29 is 4.79 Å². The van der Waals surface area contributed by atoms with E-state index >= 15 is 0 Å². The SMILES string of the molecule is CC(C)C[C@H](NC(=O)CSc1nncn1C(C)C)c1ccccc1. The van der Waals surface area contributed by atoms with Gasteiger partial charge in [-0.25, -0.2) is 0 Å². The lowest BCUT2D eigenvalue weighted by atomic mass is 9.97. The van der Waals surface area contributed by atoms with Gasteiger partial charge in [-0.3, -0.25) is 4.79 Å². The van der Waals surface area contributed by atoms with Crippen molar-refractivity contribution in [1.29, 1.82) is 0 Å². The third-order valence-corrected chi connectivity index (χ3v) is 4.63. The Morgan fingerprint density at radius 2 is 1.92 bits per heavy atom. The van der Waals surface area contributed by atoms with Crippen molar-refractivity contribution in [2.75, 3.05) is 5.75 Å². The van der Waals surface area contributed by atoms with Gasteiger partial charge in [-0.05, 0) is 31.7 Å². The first kappa shape index (κ1) is 18.5. The summed E-state index contributed by atoms with van der Waals surface area (Å²) < 4.78 is 1.97. The molecule has 130 valence electrons. The molecule has 1 amide bonds. The molecule has 0 aliphatic rings. The van der Waals surface area contributed by atoms with Crippen LogP contribution in [-0.2, 0) is 4.79 Å². The molecule has 0 fully saturated rings. The fraction of sp³-hybridized carbons (Fsp3) is 0.500. The molecule has 1 N–H and O–H groups in total. The van der Waals surface area contributed by atoms with Crippen molar-refractivity contribution in [1.82, 2.24) is 20.1 Å². The molecule has 0 radical (unpaired) electrons. The number of amides is 1. The number of thioether (sulfide) groups is 1. The first-order chi connectivity index (χ1) is 11.5. The van der Waals surface area contributed by atoms with Crippen LogP contribution in [0.5, 0.6) is 0 Å². The molecule has 0 unspecified atom stereocenters. The third kappa shape index (κ3) is 5.37. The normalized spacial score (nSPS) is 12.6. The van der Waals surface area contributed by atoms with Crippen molar-refractivity contribution >= 4 is 17.7 Å². The molecule has 0 aliphatic carbocycles. The van der Waals surface area contributed by atoms with Gasteiger partial charge < -0.3 is 9.88 Å². The summed E-state index contributed by atoms with van der Waals surface area (Å²) >= 11 is 1.42. The summed E-state index contributed by atoms with van der Waals surface area (Å²) in [5.74, 6) is 0.868. The second kappa shape index (κ2) is 8.87. The van der Waals surface area contributed by atoms with Gasteiger partial charge in [0.05, 0.1) is 11.8 Å². The highest BCUT2D eigenvalue weighted by molar-refractivity contribution is 7.99. The number of carbonyl (C=O) groups is 1. The van der Waals surface area contributed by atoms with Crippen LogP contribution in [0.3, 0.4) is 0 Å². The maximum absolute atomic E-state index is 12.4. The number of benzene rings is 1. The average Bonchev–Trinajstić information content (AvgIpc) is 3.01. The van der Waals surface area contributed by atoms with Crippen LogP contribution >= 0.6 is 11.8 Å². The molecule has 2 aromatic rings. The molecule has 0 spiro atoms. The third-order valence-electron chi connectivity index (χ3n) is 3.67. The van der Waals surface area contributed by atoms with Crippen LogP contribution in [0.2, 0.25) is 0 Å². The summed E-state index contributed by atoms with van der Waals surface area (Å²) in [6.45, 7) is 8.48. The van der Waals surface area contributed by atoms with Gasteiger partial charge in [0.15, 0.2) is 5.16 Å². The number of nitrogens with zero attached hydrogens (tertiary/aromatic N) is 3. The average molecular weight is 347 g/mol. The molecule has 0 saturated heterocycles. The Morgan fingerprint density at radius 1 is 1.21 bits per heavy atom. The maximum atomic E-state index is 12.4. The summed E-state index contributed by atoms with van der Waals surface area (Å²) in [6, 6.07) is 10.5. The van der Waals surface area contributed by atoms with E-state index in [1.807, 2.05) is 22.8 Å². The molecule has 6 heteroatoms. The minimum absolute atomic E-state index is 0.0211. The van der Waals surface area contributed by atoms with E-state index in [4.69, 9.17) is 0 Å². The van der Waals surface area contributed by atoms with Gasteiger partial charge >= 0.3 is 0 Å². The summed E-state index contributed by atoms with van der Waals surface area (Å²) in [7, 11) is 0. The zero-order chi connectivity index (χ0) is 17.5. The van der Waals surface area contributed by atoms with E-state index in [-0.39, 0.29) is 18.0 Å². The Hall–Kier alpha value is -1.82. The van der Waals surface area contributed by atoms with Gasteiger partial charge in [-0.1, -0.05) is 55.9 Å². The largest absolute Gasteiger partial charge is 0.349 e. The van der Waals surface area contributed by atoms with E-state index in [0.717, 1.165) is 17.1 Å². The predicted molar refractivity (Wildman–Crippen MR) is 97.9 cm³/mol. The van der Waals surface area contributed by atoms with Crippen LogP contribution in [0.1, 0.15) is 51.8 Å². The lowest BCUT2D eigenvalue weighted by Crippen LogP contribution is -2.31. The van der Waals surface area contributed by atoms with Crippen LogP contribution in [0.25, 0.3) is 0 Å². The smallest absolute Gasteiger partial charge is 0.230 e. The molecule has 1 aromatic heterocycles. The van der Waals surface area contributed by atoms with Crippen molar-refractivity contribution in [2.45, 2.75) is 51.4 Å². The zero-order valence-electron chi connectivity index (χ0n) is 14.8. The van der Waals surface area contributed by atoms with Crippen molar-refractivity contribution in [3.05, 3.63) is 42.2 Å². The van der Waals surface area contributed by atoms with Crippen LogP contribution < -0.4 is 5.32 Å². The number of carbonyl (C=O) groups excluding carboxylic acids is 1. The van der Waals surface area contributed by atoms with E-state index in [1.54, 1.807) is 6.33 Å². The molecule has 1 aromatic carbocycles. The molecule has 0 bridgehead atoms. The lowest BCUT2D eigenvalue weighted by Gasteiger charge is -2.21. The second-order valence-corrected chi connectivity index (χ2v) is 7.51.